The summed E-state index contributed by atoms with van der Waals surface area (Å²) < 4.78 is 1.04. The molecule has 0 aliphatic rings. The highest BCUT2D eigenvalue weighted by molar-refractivity contribution is 9.10. The van der Waals surface area contributed by atoms with Gasteiger partial charge in [0.25, 0.3) is 0 Å². The molecule has 3 nitrogen and oxygen atoms in total. The topological polar surface area (TPSA) is 23.6 Å². The first kappa shape index (κ1) is 13.2. The zero-order valence-electron chi connectivity index (χ0n) is 9.90. The highest BCUT2D eigenvalue weighted by Crippen LogP contribution is 2.17. The van der Waals surface area contributed by atoms with Gasteiger partial charge in [-0.2, -0.15) is 0 Å². The maximum atomic E-state index is 11.7. The normalized spacial score (nSPS) is 10.6. The highest BCUT2D eigenvalue weighted by atomic mass is 79.9. The maximum Gasteiger partial charge on any atom is 0.236 e. The van der Waals surface area contributed by atoms with Crippen LogP contribution in [-0.2, 0) is 11.3 Å². The second-order valence-corrected chi connectivity index (χ2v) is 4.93. The third-order valence-electron chi connectivity index (χ3n) is 2.24. The predicted molar refractivity (Wildman–Crippen MR) is 69.2 cm³/mol. The summed E-state index contributed by atoms with van der Waals surface area (Å²) in [7, 11) is 5.61. The lowest BCUT2D eigenvalue weighted by Gasteiger charge is -2.20. The standard InChI is InChI=1S/C12H17BrN2O/c1-14(2)9-12(16)15(3)8-10-6-4-5-7-11(10)13/h4-7H,8-9H2,1-3H3. The first-order valence-electron chi connectivity index (χ1n) is 5.13. The number of carbonyl (C=O) groups is 1. The first-order chi connectivity index (χ1) is 7.50. The van der Waals surface area contributed by atoms with E-state index in [-0.39, 0.29) is 5.91 Å². The summed E-state index contributed by atoms with van der Waals surface area (Å²) in [5, 5.41) is 0. The van der Waals surface area contributed by atoms with Gasteiger partial charge in [-0.3, -0.25) is 4.79 Å². The lowest BCUT2D eigenvalue weighted by atomic mass is 10.2. The number of amides is 1. The quantitative estimate of drug-likeness (QED) is 0.844. The van der Waals surface area contributed by atoms with Crippen molar-refractivity contribution >= 4 is 21.8 Å². The van der Waals surface area contributed by atoms with Crippen molar-refractivity contribution in [3.05, 3.63) is 34.3 Å². The maximum absolute atomic E-state index is 11.7. The summed E-state index contributed by atoms with van der Waals surface area (Å²) in [5.41, 5.74) is 1.12. The zero-order chi connectivity index (χ0) is 12.1. The molecule has 16 heavy (non-hydrogen) atoms. The van der Waals surface area contributed by atoms with Crippen molar-refractivity contribution in [2.75, 3.05) is 27.7 Å². The molecule has 0 saturated carbocycles. The summed E-state index contributed by atoms with van der Waals surface area (Å²) in [5.74, 6) is 0.126. The monoisotopic (exact) mass is 284 g/mol. The van der Waals surface area contributed by atoms with Crippen LogP contribution in [0, 0.1) is 0 Å². The Morgan fingerprint density at radius 3 is 2.44 bits per heavy atom. The van der Waals surface area contributed by atoms with E-state index < -0.39 is 0 Å². The van der Waals surface area contributed by atoms with Gasteiger partial charge in [-0.1, -0.05) is 34.1 Å². The van der Waals surface area contributed by atoms with Crippen molar-refractivity contribution in [3.63, 3.8) is 0 Å². The van der Waals surface area contributed by atoms with Gasteiger partial charge in [-0.15, -0.1) is 0 Å². The van der Waals surface area contributed by atoms with Gasteiger partial charge in [0.1, 0.15) is 0 Å². The van der Waals surface area contributed by atoms with E-state index in [2.05, 4.69) is 15.9 Å². The molecule has 0 saturated heterocycles. The minimum absolute atomic E-state index is 0.126. The largest absolute Gasteiger partial charge is 0.340 e. The molecule has 0 aromatic heterocycles. The van der Waals surface area contributed by atoms with Crippen LogP contribution >= 0.6 is 15.9 Å². The van der Waals surface area contributed by atoms with Gasteiger partial charge < -0.3 is 9.80 Å². The summed E-state index contributed by atoms with van der Waals surface area (Å²) >= 11 is 3.48. The number of likely N-dealkylation sites (N-methyl/N-ethyl adjacent to an activating group) is 2. The number of hydrogen-bond acceptors (Lipinski definition) is 2. The fraction of sp³-hybridized carbons (Fsp3) is 0.417. The molecule has 0 unspecified atom stereocenters. The van der Waals surface area contributed by atoms with E-state index in [0.29, 0.717) is 13.1 Å². The lowest BCUT2D eigenvalue weighted by Crippen LogP contribution is -2.34. The molecule has 0 fully saturated rings. The minimum Gasteiger partial charge on any atom is -0.340 e. The summed E-state index contributed by atoms with van der Waals surface area (Å²) in [4.78, 5) is 15.3. The molecule has 0 bridgehead atoms. The smallest absolute Gasteiger partial charge is 0.236 e. The lowest BCUT2D eigenvalue weighted by molar-refractivity contribution is -0.131. The number of benzene rings is 1. The number of nitrogens with zero attached hydrogens (tertiary/aromatic N) is 2. The molecular weight excluding hydrogens is 268 g/mol. The molecule has 0 radical (unpaired) electrons. The van der Waals surface area contributed by atoms with Gasteiger partial charge in [0.15, 0.2) is 0 Å². The molecule has 4 heteroatoms. The van der Waals surface area contributed by atoms with Crippen LogP contribution in [0.3, 0.4) is 0 Å². The molecule has 0 N–H and O–H groups in total. The Morgan fingerprint density at radius 2 is 1.88 bits per heavy atom. The Bertz CT molecular complexity index is 366. The van der Waals surface area contributed by atoms with E-state index in [4.69, 9.17) is 0 Å². The van der Waals surface area contributed by atoms with E-state index in [1.165, 1.54) is 0 Å². The Morgan fingerprint density at radius 1 is 1.25 bits per heavy atom. The van der Waals surface area contributed by atoms with Gasteiger partial charge in [0.2, 0.25) is 5.91 Å². The fourth-order valence-electron chi connectivity index (χ4n) is 1.36. The van der Waals surface area contributed by atoms with Crippen LogP contribution in [0.15, 0.2) is 28.7 Å². The van der Waals surface area contributed by atoms with E-state index >= 15 is 0 Å². The third-order valence-corrected chi connectivity index (χ3v) is 3.02. The third kappa shape index (κ3) is 3.94. The average molecular weight is 285 g/mol. The molecule has 0 aliphatic heterocycles. The van der Waals surface area contributed by atoms with Crippen LogP contribution < -0.4 is 0 Å². The second kappa shape index (κ2) is 6.01. The van der Waals surface area contributed by atoms with Crippen LogP contribution in [-0.4, -0.2) is 43.4 Å². The number of carbonyl (C=O) groups excluding carboxylic acids is 1. The van der Waals surface area contributed by atoms with Crippen molar-refractivity contribution in [1.82, 2.24) is 9.80 Å². The summed E-state index contributed by atoms with van der Waals surface area (Å²) in [6, 6.07) is 7.95. The number of rotatable bonds is 4. The molecule has 1 aromatic carbocycles. The molecule has 88 valence electrons. The van der Waals surface area contributed by atoms with Crippen LogP contribution in [0.25, 0.3) is 0 Å². The molecule has 0 heterocycles. The Labute approximate surface area is 105 Å². The van der Waals surface area contributed by atoms with Gasteiger partial charge >= 0.3 is 0 Å². The van der Waals surface area contributed by atoms with Crippen LogP contribution in [0.5, 0.6) is 0 Å². The summed E-state index contributed by atoms with van der Waals surface area (Å²) in [6.45, 7) is 1.08. The van der Waals surface area contributed by atoms with Gasteiger partial charge in [0, 0.05) is 18.1 Å². The van der Waals surface area contributed by atoms with Crippen LogP contribution in [0.2, 0.25) is 0 Å². The Hall–Kier alpha value is -0.870. The summed E-state index contributed by atoms with van der Waals surface area (Å²) in [6.07, 6.45) is 0. The van der Waals surface area contributed by atoms with E-state index in [1.54, 1.807) is 4.90 Å². The van der Waals surface area contributed by atoms with Crippen molar-refractivity contribution < 1.29 is 4.79 Å². The van der Waals surface area contributed by atoms with Gasteiger partial charge in [-0.05, 0) is 25.7 Å². The zero-order valence-corrected chi connectivity index (χ0v) is 11.5. The van der Waals surface area contributed by atoms with Crippen molar-refractivity contribution in [3.8, 4) is 0 Å². The molecule has 0 spiro atoms. The molecule has 0 atom stereocenters. The van der Waals surface area contributed by atoms with Crippen LogP contribution in [0.1, 0.15) is 5.56 Å². The number of hydrogen-bond donors (Lipinski definition) is 0. The van der Waals surface area contributed by atoms with E-state index in [0.717, 1.165) is 10.0 Å². The fourth-order valence-corrected chi connectivity index (χ4v) is 1.77. The molecule has 1 amide bonds. The predicted octanol–water partition coefficient (Wildman–Crippen LogP) is 1.97. The van der Waals surface area contributed by atoms with E-state index in [1.807, 2.05) is 50.3 Å². The Balaban J connectivity index is 2.61. The first-order valence-corrected chi connectivity index (χ1v) is 5.92. The van der Waals surface area contributed by atoms with Crippen molar-refractivity contribution in [2.45, 2.75) is 6.54 Å². The van der Waals surface area contributed by atoms with Gasteiger partial charge in [-0.25, -0.2) is 0 Å². The minimum atomic E-state index is 0.126. The van der Waals surface area contributed by atoms with Gasteiger partial charge in [0.05, 0.1) is 6.54 Å². The average Bonchev–Trinajstić information content (AvgIpc) is 2.20. The highest BCUT2D eigenvalue weighted by Gasteiger charge is 2.11. The molecule has 0 aliphatic carbocycles. The molecule has 1 aromatic rings. The number of halogens is 1. The van der Waals surface area contributed by atoms with E-state index in [9.17, 15) is 4.79 Å². The van der Waals surface area contributed by atoms with Crippen molar-refractivity contribution in [1.29, 1.82) is 0 Å². The van der Waals surface area contributed by atoms with Crippen molar-refractivity contribution in [2.24, 2.45) is 0 Å². The second-order valence-electron chi connectivity index (χ2n) is 4.08. The molecular formula is C12H17BrN2O. The Kier molecular flexibility index (Phi) is 4.96. The van der Waals surface area contributed by atoms with Crippen LogP contribution in [0.4, 0.5) is 0 Å². The molecule has 1 rings (SSSR count). The SMILES string of the molecule is CN(C)CC(=O)N(C)Cc1ccccc1Br.